The van der Waals surface area contributed by atoms with Gasteiger partial charge in [-0.2, -0.15) is 0 Å². The van der Waals surface area contributed by atoms with Crippen molar-refractivity contribution in [2.24, 2.45) is 11.3 Å². The fourth-order valence-corrected chi connectivity index (χ4v) is 3.83. The molecule has 0 unspecified atom stereocenters. The smallest absolute Gasteiger partial charge is 0.303 e. The lowest BCUT2D eigenvalue weighted by Crippen LogP contribution is -2.69. The van der Waals surface area contributed by atoms with Crippen molar-refractivity contribution in [1.82, 2.24) is 0 Å². The average Bonchev–Trinajstić information content (AvgIpc) is 2.41. The molecular formula is C17H26O5. The summed E-state index contributed by atoms with van der Waals surface area (Å²) in [6.07, 6.45) is 4.96. The monoisotopic (exact) mass is 310 g/mol. The van der Waals surface area contributed by atoms with Crippen LogP contribution >= 0.6 is 0 Å². The summed E-state index contributed by atoms with van der Waals surface area (Å²) in [4.78, 5) is 11.5. The van der Waals surface area contributed by atoms with Gasteiger partial charge in [-0.05, 0) is 24.3 Å². The average molecular weight is 310 g/mol. The van der Waals surface area contributed by atoms with E-state index in [9.17, 15) is 20.1 Å². The highest BCUT2D eigenvalue weighted by Gasteiger charge is 2.66. The van der Waals surface area contributed by atoms with Gasteiger partial charge in [0.25, 0.3) is 0 Å². The van der Waals surface area contributed by atoms with E-state index >= 15 is 0 Å². The molecule has 1 fully saturated rings. The van der Waals surface area contributed by atoms with Crippen LogP contribution in [-0.2, 0) is 9.53 Å². The van der Waals surface area contributed by atoms with Crippen LogP contribution in [0.5, 0.6) is 0 Å². The van der Waals surface area contributed by atoms with Crippen LogP contribution in [0.1, 0.15) is 40.5 Å². The van der Waals surface area contributed by atoms with Gasteiger partial charge in [-0.1, -0.05) is 32.1 Å². The number of hydrogen-bond donors (Lipinski definition) is 3. The Morgan fingerprint density at radius 1 is 1.32 bits per heavy atom. The fraction of sp³-hybridized carbons (Fsp3) is 0.706. The molecule has 0 aromatic carbocycles. The van der Waals surface area contributed by atoms with E-state index in [-0.39, 0.29) is 18.9 Å². The molecule has 0 aromatic rings. The Bertz CT molecular complexity index is 517. The molecule has 2 aliphatic carbocycles. The first kappa shape index (κ1) is 17.2. The third-order valence-corrected chi connectivity index (χ3v) is 5.12. The molecule has 124 valence electrons. The van der Waals surface area contributed by atoms with Crippen LogP contribution in [0.2, 0.25) is 0 Å². The van der Waals surface area contributed by atoms with E-state index in [2.05, 4.69) is 0 Å². The molecule has 5 nitrogen and oxygen atoms in total. The zero-order valence-corrected chi connectivity index (χ0v) is 13.7. The van der Waals surface area contributed by atoms with Gasteiger partial charge in [0, 0.05) is 19.3 Å². The van der Waals surface area contributed by atoms with Crippen LogP contribution in [0.15, 0.2) is 23.8 Å². The zero-order chi connectivity index (χ0) is 16.8. The number of allylic oxidation sites excluding steroid dienone is 2. The molecule has 22 heavy (non-hydrogen) atoms. The van der Waals surface area contributed by atoms with Crippen LogP contribution in [0.3, 0.4) is 0 Å². The van der Waals surface area contributed by atoms with Crippen molar-refractivity contribution < 1.29 is 24.9 Å². The van der Waals surface area contributed by atoms with Gasteiger partial charge >= 0.3 is 5.97 Å². The van der Waals surface area contributed by atoms with E-state index in [0.717, 1.165) is 0 Å². The highest BCUT2D eigenvalue weighted by Crippen LogP contribution is 2.60. The van der Waals surface area contributed by atoms with Gasteiger partial charge in [-0.3, -0.25) is 4.79 Å². The highest BCUT2D eigenvalue weighted by atomic mass is 16.6. The van der Waals surface area contributed by atoms with Crippen molar-refractivity contribution in [3.05, 3.63) is 23.8 Å². The lowest BCUT2D eigenvalue weighted by molar-refractivity contribution is -0.256. The number of hydrogen-bond acceptors (Lipinski definition) is 5. The number of aliphatic hydroxyl groups excluding tert-OH is 1. The molecular weight excluding hydrogens is 284 g/mol. The lowest BCUT2D eigenvalue weighted by Gasteiger charge is -2.62. The summed E-state index contributed by atoms with van der Waals surface area (Å²) >= 11 is 0. The van der Waals surface area contributed by atoms with E-state index in [4.69, 9.17) is 4.74 Å². The lowest BCUT2D eigenvalue weighted by atomic mass is 9.47. The minimum absolute atomic E-state index is 0.103. The predicted molar refractivity (Wildman–Crippen MR) is 81.9 cm³/mol. The molecule has 0 amide bonds. The third kappa shape index (κ3) is 2.73. The van der Waals surface area contributed by atoms with Crippen LogP contribution in [0, 0.1) is 11.3 Å². The van der Waals surface area contributed by atoms with Gasteiger partial charge < -0.3 is 20.1 Å². The minimum Gasteiger partial charge on any atom is -0.459 e. The topological polar surface area (TPSA) is 87.0 Å². The summed E-state index contributed by atoms with van der Waals surface area (Å²) in [6.45, 7) is 6.55. The summed E-state index contributed by atoms with van der Waals surface area (Å²) in [7, 11) is 0. The number of rotatable bonds is 2. The third-order valence-electron chi connectivity index (χ3n) is 5.12. The largest absolute Gasteiger partial charge is 0.459 e. The van der Waals surface area contributed by atoms with Gasteiger partial charge in [0.2, 0.25) is 0 Å². The number of esters is 1. The Kier molecular flexibility index (Phi) is 4.28. The standard InChI is InChI=1S/C17H26O5/c1-11(19)22-14-9-16(4,20)7-5-6-12(10-18)13-8-15(2,3)17(13,14)21/h5-7,13-14,18,20-21H,8-10H2,1-4H3/b7-5-,12-6-/t13-,14+,16-,17-/m1/s1. The van der Waals surface area contributed by atoms with Crippen molar-refractivity contribution in [3.63, 3.8) is 0 Å². The van der Waals surface area contributed by atoms with Gasteiger partial charge in [-0.15, -0.1) is 0 Å². The SMILES string of the molecule is CC(=O)O[C@H]1C[C@](C)(O)/C=C\C=C(\CO)[C@H]2CC(C)(C)[C@]12O. The van der Waals surface area contributed by atoms with Gasteiger partial charge in [0.1, 0.15) is 11.7 Å². The Hall–Kier alpha value is -1.17. The van der Waals surface area contributed by atoms with Crippen molar-refractivity contribution in [1.29, 1.82) is 0 Å². The molecule has 5 heteroatoms. The molecule has 4 atom stereocenters. The predicted octanol–water partition coefficient (Wildman–Crippen LogP) is 1.32. The number of ether oxygens (including phenoxy) is 1. The fourth-order valence-electron chi connectivity index (χ4n) is 3.83. The molecule has 0 aromatic heterocycles. The van der Waals surface area contributed by atoms with E-state index in [1.165, 1.54) is 6.92 Å². The molecule has 0 spiro atoms. The van der Waals surface area contributed by atoms with Crippen molar-refractivity contribution in [2.75, 3.05) is 6.61 Å². The van der Waals surface area contributed by atoms with Crippen LogP contribution < -0.4 is 0 Å². The Labute approximate surface area is 131 Å². The number of aliphatic hydroxyl groups is 3. The van der Waals surface area contributed by atoms with Gasteiger partial charge in [0.15, 0.2) is 0 Å². The highest BCUT2D eigenvalue weighted by molar-refractivity contribution is 5.66. The summed E-state index contributed by atoms with van der Waals surface area (Å²) in [5.74, 6) is -0.788. The van der Waals surface area contributed by atoms with Crippen molar-refractivity contribution in [3.8, 4) is 0 Å². The zero-order valence-electron chi connectivity index (χ0n) is 13.7. The molecule has 0 heterocycles. The van der Waals surface area contributed by atoms with Gasteiger partial charge in [-0.25, -0.2) is 0 Å². The number of carbonyl (C=O) groups is 1. The first-order valence-corrected chi connectivity index (χ1v) is 7.64. The van der Waals surface area contributed by atoms with E-state index in [0.29, 0.717) is 12.0 Å². The summed E-state index contributed by atoms with van der Waals surface area (Å²) in [6, 6.07) is 0. The molecule has 0 aliphatic heterocycles. The maximum Gasteiger partial charge on any atom is 0.303 e. The Balaban J connectivity index is 2.51. The first-order chi connectivity index (χ1) is 10.0. The second-order valence-corrected chi connectivity index (χ2v) is 7.38. The maximum absolute atomic E-state index is 11.5. The summed E-state index contributed by atoms with van der Waals surface area (Å²) in [5, 5.41) is 31.5. The van der Waals surface area contributed by atoms with E-state index in [1.807, 2.05) is 13.8 Å². The number of fused-ring (bicyclic) bond motifs is 1. The second-order valence-electron chi connectivity index (χ2n) is 7.38. The molecule has 0 saturated heterocycles. The summed E-state index contributed by atoms with van der Waals surface area (Å²) in [5.41, 5.74) is -2.32. The molecule has 1 saturated carbocycles. The maximum atomic E-state index is 11.5. The second kappa shape index (κ2) is 5.48. The normalized spacial score (nSPS) is 44.2. The molecule has 0 radical (unpaired) electrons. The van der Waals surface area contributed by atoms with Crippen molar-refractivity contribution in [2.45, 2.75) is 57.8 Å². The van der Waals surface area contributed by atoms with E-state index < -0.39 is 28.7 Å². The Morgan fingerprint density at radius 2 is 1.95 bits per heavy atom. The van der Waals surface area contributed by atoms with Crippen LogP contribution in [0.4, 0.5) is 0 Å². The number of carbonyl (C=O) groups excluding carboxylic acids is 1. The molecule has 3 N–H and O–H groups in total. The summed E-state index contributed by atoms with van der Waals surface area (Å²) < 4.78 is 5.39. The minimum atomic E-state index is -1.32. The van der Waals surface area contributed by atoms with Crippen LogP contribution in [0.25, 0.3) is 0 Å². The van der Waals surface area contributed by atoms with Gasteiger partial charge in [0.05, 0.1) is 12.2 Å². The molecule has 2 aliphatic rings. The quantitative estimate of drug-likeness (QED) is 0.670. The molecule has 2 rings (SSSR count). The Morgan fingerprint density at radius 3 is 2.45 bits per heavy atom. The van der Waals surface area contributed by atoms with Crippen molar-refractivity contribution >= 4 is 5.97 Å². The van der Waals surface area contributed by atoms with E-state index in [1.54, 1.807) is 25.2 Å². The molecule has 0 bridgehead atoms. The van der Waals surface area contributed by atoms with Crippen LogP contribution in [-0.4, -0.2) is 45.2 Å². The first-order valence-electron chi connectivity index (χ1n) is 7.64.